The first kappa shape index (κ1) is 26.6. The summed E-state index contributed by atoms with van der Waals surface area (Å²) in [6.45, 7) is 7.32. The fourth-order valence-corrected chi connectivity index (χ4v) is 4.03. The molecule has 0 radical (unpaired) electrons. The number of nitrogens with one attached hydrogen (secondary N) is 2. The number of amides is 3. The second-order valence-corrected chi connectivity index (χ2v) is 9.49. The third kappa shape index (κ3) is 5.60. The summed E-state index contributed by atoms with van der Waals surface area (Å²) in [5.74, 6) is -2.21. The van der Waals surface area contributed by atoms with Gasteiger partial charge in [0, 0.05) is 16.9 Å². The van der Waals surface area contributed by atoms with Gasteiger partial charge in [0.1, 0.15) is 10.7 Å². The Bertz CT molecular complexity index is 1480. The molecule has 0 aliphatic carbocycles. The number of hydrogen-bond donors (Lipinski definition) is 2. The molecule has 0 aromatic heterocycles. The summed E-state index contributed by atoms with van der Waals surface area (Å²) >= 11 is 6.25. The molecule has 0 bridgehead atoms. The van der Waals surface area contributed by atoms with Crippen LogP contribution in [0.5, 0.6) is 0 Å². The molecule has 1 aliphatic rings. The number of anilines is 3. The highest BCUT2D eigenvalue weighted by Gasteiger charge is 2.39. The van der Waals surface area contributed by atoms with Crippen molar-refractivity contribution < 1.29 is 23.9 Å². The van der Waals surface area contributed by atoms with Gasteiger partial charge >= 0.3 is 5.97 Å². The lowest BCUT2D eigenvalue weighted by Crippen LogP contribution is -2.32. The van der Waals surface area contributed by atoms with Gasteiger partial charge in [-0.3, -0.25) is 14.4 Å². The van der Waals surface area contributed by atoms with E-state index in [9.17, 15) is 19.2 Å². The Morgan fingerprint density at radius 3 is 2.29 bits per heavy atom. The van der Waals surface area contributed by atoms with Crippen LogP contribution >= 0.6 is 11.6 Å². The summed E-state index contributed by atoms with van der Waals surface area (Å²) < 4.78 is 5.16. The van der Waals surface area contributed by atoms with Gasteiger partial charge in [0.05, 0.1) is 17.4 Å². The molecule has 0 saturated heterocycles. The molecule has 0 atom stereocenters. The Balaban J connectivity index is 1.50. The normalized spacial score (nSPS) is 13.3. The minimum atomic E-state index is -0.708. The van der Waals surface area contributed by atoms with Crippen LogP contribution in [0.25, 0.3) is 0 Å². The molecular weight excluding hydrogens is 506 g/mol. The summed E-state index contributed by atoms with van der Waals surface area (Å²) in [6.07, 6.45) is -0.281. The molecule has 0 unspecified atom stereocenters. The highest BCUT2D eigenvalue weighted by molar-refractivity contribution is 6.53. The van der Waals surface area contributed by atoms with Crippen LogP contribution < -0.4 is 15.5 Å². The Morgan fingerprint density at radius 1 is 0.895 bits per heavy atom. The lowest BCUT2D eigenvalue weighted by Gasteiger charge is -2.16. The lowest BCUT2D eigenvalue weighted by molar-refractivity contribution is -0.120. The number of carbonyl (C=O) groups excluding carboxylic acids is 4. The van der Waals surface area contributed by atoms with Crippen molar-refractivity contribution in [3.8, 4) is 0 Å². The topological polar surface area (TPSA) is 105 Å². The molecule has 0 saturated carbocycles. The van der Waals surface area contributed by atoms with Crippen LogP contribution in [-0.4, -0.2) is 29.8 Å². The molecule has 4 rings (SSSR count). The molecule has 194 valence electrons. The zero-order chi connectivity index (χ0) is 27.6. The molecule has 1 aliphatic heterocycles. The van der Waals surface area contributed by atoms with E-state index in [0.29, 0.717) is 16.9 Å². The van der Waals surface area contributed by atoms with E-state index < -0.39 is 17.8 Å². The SMILES string of the molecule is Cc1ccc(C)c(NC(=O)c2cccc(NC3=C(Cl)C(=O)N(c4ccc(C(=O)OC(C)C)cc4)C3=O)c2)c1. The van der Waals surface area contributed by atoms with E-state index in [0.717, 1.165) is 16.0 Å². The molecule has 3 aromatic carbocycles. The quantitative estimate of drug-likeness (QED) is 0.305. The molecular formula is C29H26ClN3O5. The minimum absolute atomic E-state index is 0.118. The van der Waals surface area contributed by atoms with E-state index in [1.165, 1.54) is 24.3 Å². The highest BCUT2D eigenvalue weighted by atomic mass is 35.5. The van der Waals surface area contributed by atoms with E-state index >= 15 is 0 Å². The maximum Gasteiger partial charge on any atom is 0.338 e. The first-order valence-corrected chi connectivity index (χ1v) is 12.3. The summed E-state index contributed by atoms with van der Waals surface area (Å²) in [5, 5.41) is 5.49. The second kappa shape index (κ2) is 10.9. The molecule has 0 fully saturated rings. The van der Waals surface area contributed by atoms with Crippen LogP contribution in [0.15, 0.2) is 77.5 Å². The van der Waals surface area contributed by atoms with Crippen LogP contribution in [0.4, 0.5) is 17.1 Å². The van der Waals surface area contributed by atoms with Gasteiger partial charge in [-0.15, -0.1) is 0 Å². The summed E-state index contributed by atoms with van der Waals surface area (Å²) in [7, 11) is 0. The monoisotopic (exact) mass is 531 g/mol. The number of aryl methyl sites for hydroxylation is 2. The predicted molar refractivity (Wildman–Crippen MR) is 146 cm³/mol. The van der Waals surface area contributed by atoms with Crippen LogP contribution in [0, 0.1) is 13.8 Å². The van der Waals surface area contributed by atoms with Crippen LogP contribution in [-0.2, 0) is 14.3 Å². The average molecular weight is 532 g/mol. The molecule has 38 heavy (non-hydrogen) atoms. The average Bonchev–Trinajstić information content (AvgIpc) is 3.09. The Labute approximate surface area is 225 Å². The molecule has 3 amide bonds. The fraction of sp³-hybridized carbons (Fsp3) is 0.172. The Kier molecular flexibility index (Phi) is 7.64. The van der Waals surface area contributed by atoms with Crippen molar-refractivity contribution in [3.05, 3.63) is 99.7 Å². The third-order valence-electron chi connectivity index (χ3n) is 5.77. The van der Waals surface area contributed by atoms with Crippen molar-refractivity contribution in [2.75, 3.05) is 15.5 Å². The van der Waals surface area contributed by atoms with Gasteiger partial charge in [-0.1, -0.05) is 29.8 Å². The number of halogens is 1. The predicted octanol–water partition coefficient (Wildman–Crippen LogP) is 5.56. The fourth-order valence-electron chi connectivity index (χ4n) is 3.82. The van der Waals surface area contributed by atoms with Gasteiger partial charge < -0.3 is 15.4 Å². The van der Waals surface area contributed by atoms with E-state index in [1.54, 1.807) is 38.1 Å². The number of esters is 1. The molecule has 1 heterocycles. The smallest absolute Gasteiger partial charge is 0.338 e. The molecule has 9 heteroatoms. The van der Waals surface area contributed by atoms with Crippen molar-refractivity contribution >= 4 is 52.4 Å². The van der Waals surface area contributed by atoms with Gasteiger partial charge in [-0.2, -0.15) is 0 Å². The first-order valence-electron chi connectivity index (χ1n) is 11.9. The largest absolute Gasteiger partial charge is 0.459 e. The second-order valence-electron chi connectivity index (χ2n) is 9.11. The number of ether oxygens (including phenoxy) is 1. The highest BCUT2D eigenvalue weighted by Crippen LogP contribution is 2.30. The van der Waals surface area contributed by atoms with Crippen LogP contribution in [0.3, 0.4) is 0 Å². The van der Waals surface area contributed by atoms with E-state index in [4.69, 9.17) is 16.3 Å². The Hall–Kier alpha value is -4.43. The van der Waals surface area contributed by atoms with Gasteiger partial charge in [0.15, 0.2) is 0 Å². The number of carbonyl (C=O) groups is 4. The number of hydrogen-bond acceptors (Lipinski definition) is 6. The van der Waals surface area contributed by atoms with Crippen molar-refractivity contribution in [3.63, 3.8) is 0 Å². The van der Waals surface area contributed by atoms with Crippen molar-refractivity contribution in [1.29, 1.82) is 0 Å². The standard InChI is InChI=1S/C29H26ClN3O5/c1-16(2)38-29(37)19-10-12-22(13-11-19)33-27(35)24(30)25(28(33)36)31-21-7-5-6-20(15-21)26(34)32-23-14-17(3)8-9-18(23)4/h5-16,31H,1-4H3,(H,32,34). The summed E-state index contributed by atoms with van der Waals surface area (Å²) in [4.78, 5) is 51.9. The summed E-state index contributed by atoms with van der Waals surface area (Å²) in [6, 6.07) is 18.2. The van der Waals surface area contributed by atoms with E-state index in [1.807, 2.05) is 32.0 Å². The number of rotatable bonds is 7. The zero-order valence-corrected chi connectivity index (χ0v) is 22.1. The number of imide groups is 1. The Morgan fingerprint density at radius 2 is 1.61 bits per heavy atom. The van der Waals surface area contributed by atoms with Crippen molar-refractivity contribution in [1.82, 2.24) is 0 Å². The lowest BCUT2D eigenvalue weighted by atomic mass is 10.1. The minimum Gasteiger partial charge on any atom is -0.459 e. The van der Waals surface area contributed by atoms with Gasteiger partial charge in [-0.25, -0.2) is 9.69 Å². The van der Waals surface area contributed by atoms with Crippen LogP contribution in [0.2, 0.25) is 0 Å². The third-order valence-corrected chi connectivity index (χ3v) is 6.12. The number of benzene rings is 3. The van der Waals surface area contributed by atoms with Crippen molar-refractivity contribution in [2.45, 2.75) is 33.8 Å². The molecule has 2 N–H and O–H groups in total. The summed E-state index contributed by atoms with van der Waals surface area (Å²) in [5.41, 5.74) is 3.82. The van der Waals surface area contributed by atoms with Gasteiger partial charge in [0.25, 0.3) is 17.7 Å². The maximum absolute atomic E-state index is 13.2. The molecule has 3 aromatic rings. The molecule has 8 nitrogen and oxygen atoms in total. The first-order chi connectivity index (χ1) is 18.0. The van der Waals surface area contributed by atoms with Gasteiger partial charge in [0.2, 0.25) is 0 Å². The zero-order valence-electron chi connectivity index (χ0n) is 21.3. The number of nitrogens with zero attached hydrogens (tertiary/aromatic N) is 1. The van der Waals surface area contributed by atoms with Crippen LogP contribution in [0.1, 0.15) is 45.7 Å². The maximum atomic E-state index is 13.2. The van der Waals surface area contributed by atoms with E-state index in [2.05, 4.69) is 10.6 Å². The molecule has 0 spiro atoms. The van der Waals surface area contributed by atoms with E-state index in [-0.39, 0.29) is 34.0 Å². The van der Waals surface area contributed by atoms with Gasteiger partial charge in [-0.05, 0) is 87.4 Å². The van der Waals surface area contributed by atoms with Crippen molar-refractivity contribution in [2.24, 2.45) is 0 Å².